The van der Waals surface area contributed by atoms with Crippen LogP contribution in [-0.4, -0.2) is 26.4 Å². The zero-order valence-corrected chi connectivity index (χ0v) is 16.0. The summed E-state index contributed by atoms with van der Waals surface area (Å²) in [5.41, 5.74) is 1.59. The predicted octanol–water partition coefficient (Wildman–Crippen LogP) is 4.63. The van der Waals surface area contributed by atoms with Crippen LogP contribution in [0.4, 0.5) is 0 Å². The summed E-state index contributed by atoms with van der Waals surface area (Å²) in [7, 11) is -1.95. The molecular formula is C17H35NO2Si. The van der Waals surface area contributed by atoms with Crippen LogP contribution in [0.15, 0.2) is 0 Å². The van der Waals surface area contributed by atoms with Crippen molar-refractivity contribution in [1.82, 2.24) is 5.32 Å². The fraction of sp³-hybridized carbons (Fsp3) is 0.941. The number of carbonyl (C=O) groups is 1. The smallest absolute Gasteiger partial charge is 0.250 e. The van der Waals surface area contributed by atoms with E-state index in [-0.39, 0.29) is 18.1 Å². The van der Waals surface area contributed by atoms with Crippen molar-refractivity contribution in [3.8, 4) is 0 Å². The average molecular weight is 314 g/mol. The van der Waals surface area contributed by atoms with Gasteiger partial charge in [-0.05, 0) is 23.0 Å². The largest absolute Gasteiger partial charge is 0.402 e. The van der Waals surface area contributed by atoms with E-state index in [0.29, 0.717) is 16.6 Å². The molecule has 0 spiro atoms. The van der Waals surface area contributed by atoms with Crippen LogP contribution in [0.25, 0.3) is 0 Å². The minimum absolute atomic E-state index is 0.107. The average Bonchev–Trinajstić information content (AvgIpc) is 2.37. The second-order valence-corrected chi connectivity index (χ2v) is 12.9. The zero-order valence-electron chi connectivity index (χ0n) is 15.0. The van der Waals surface area contributed by atoms with Crippen molar-refractivity contribution in [3.05, 3.63) is 0 Å². The molecule has 1 fully saturated rings. The summed E-state index contributed by atoms with van der Waals surface area (Å²) < 4.78 is 6.64. The molecule has 4 heteroatoms. The van der Waals surface area contributed by atoms with Crippen LogP contribution in [0, 0.1) is 0 Å². The zero-order chi connectivity index (χ0) is 16.2. The number of β-lactam (4-membered cyclic amide) rings is 1. The Kier molecular flexibility index (Phi) is 6.92. The number of rotatable bonds is 9. The lowest BCUT2D eigenvalue weighted by molar-refractivity contribution is -0.141. The molecule has 1 amide bonds. The van der Waals surface area contributed by atoms with Crippen molar-refractivity contribution in [2.75, 3.05) is 0 Å². The number of carbonyl (C=O) groups excluding carboxylic acids is 1. The summed E-state index contributed by atoms with van der Waals surface area (Å²) in [5, 5.41) is 3.05. The Morgan fingerprint density at radius 3 is 1.95 bits per heavy atom. The maximum atomic E-state index is 12.0. The van der Waals surface area contributed by atoms with Gasteiger partial charge < -0.3 is 9.74 Å². The molecule has 0 aliphatic carbocycles. The van der Waals surface area contributed by atoms with Crippen LogP contribution in [0.2, 0.25) is 16.6 Å². The van der Waals surface area contributed by atoms with Crippen molar-refractivity contribution >= 4 is 14.2 Å². The Hall–Kier alpha value is -0.353. The van der Waals surface area contributed by atoms with E-state index in [4.69, 9.17) is 4.43 Å². The lowest BCUT2D eigenvalue weighted by Crippen LogP contribution is -2.67. The first-order valence-electron chi connectivity index (χ1n) is 8.75. The number of amides is 1. The third-order valence-electron chi connectivity index (χ3n) is 5.11. The van der Waals surface area contributed by atoms with Gasteiger partial charge in [0, 0.05) is 0 Å². The van der Waals surface area contributed by atoms with E-state index in [1.165, 1.54) is 19.3 Å². The van der Waals surface area contributed by atoms with Gasteiger partial charge in [-0.25, -0.2) is 0 Å². The molecule has 1 aliphatic rings. The molecule has 0 aromatic rings. The van der Waals surface area contributed by atoms with Crippen LogP contribution in [0.1, 0.15) is 74.1 Å². The third kappa shape index (κ3) is 3.89. The molecular weight excluding hydrogens is 278 g/mol. The highest BCUT2D eigenvalue weighted by molar-refractivity contribution is 6.77. The highest BCUT2D eigenvalue weighted by atomic mass is 28.4. The topological polar surface area (TPSA) is 38.3 Å². The molecule has 0 saturated carbocycles. The van der Waals surface area contributed by atoms with Crippen molar-refractivity contribution in [3.63, 3.8) is 0 Å². The van der Waals surface area contributed by atoms with Gasteiger partial charge in [0.1, 0.15) is 6.10 Å². The SMILES string of the molecule is CCCCCC1NC(=O)C1O[Si](C(C)C)(C(C)C)C(C)C. The lowest BCUT2D eigenvalue weighted by atomic mass is 9.96. The molecule has 1 N–H and O–H groups in total. The van der Waals surface area contributed by atoms with E-state index in [1.54, 1.807) is 0 Å². The van der Waals surface area contributed by atoms with Gasteiger partial charge in [-0.2, -0.15) is 0 Å². The molecule has 1 aliphatic heterocycles. The van der Waals surface area contributed by atoms with E-state index in [1.807, 2.05) is 0 Å². The molecule has 1 rings (SSSR count). The molecule has 0 radical (unpaired) electrons. The van der Waals surface area contributed by atoms with Crippen LogP contribution < -0.4 is 5.32 Å². The summed E-state index contributed by atoms with van der Waals surface area (Å²) in [6.07, 6.45) is 4.50. The first-order valence-corrected chi connectivity index (χ1v) is 10.9. The van der Waals surface area contributed by atoms with E-state index in [0.717, 1.165) is 6.42 Å². The van der Waals surface area contributed by atoms with Crippen molar-refractivity contribution in [2.24, 2.45) is 0 Å². The maximum absolute atomic E-state index is 12.0. The van der Waals surface area contributed by atoms with Crippen molar-refractivity contribution in [2.45, 2.75) is 103 Å². The van der Waals surface area contributed by atoms with Gasteiger partial charge in [-0.3, -0.25) is 4.79 Å². The first kappa shape index (κ1) is 18.7. The summed E-state index contributed by atoms with van der Waals surface area (Å²) in [5.74, 6) is 0.107. The standard InChI is InChI=1S/C17H35NO2Si/c1-8-9-10-11-15-16(17(19)18-15)20-21(12(2)3,13(4)5)14(6)7/h12-16H,8-11H2,1-7H3,(H,18,19). The quantitative estimate of drug-likeness (QED) is 0.383. The molecule has 21 heavy (non-hydrogen) atoms. The molecule has 124 valence electrons. The van der Waals surface area contributed by atoms with Crippen LogP contribution in [-0.2, 0) is 9.22 Å². The van der Waals surface area contributed by atoms with Crippen LogP contribution in [0.3, 0.4) is 0 Å². The molecule has 2 atom stereocenters. The molecule has 1 heterocycles. The monoisotopic (exact) mass is 313 g/mol. The number of hydrogen-bond acceptors (Lipinski definition) is 2. The van der Waals surface area contributed by atoms with Crippen molar-refractivity contribution in [1.29, 1.82) is 0 Å². The van der Waals surface area contributed by atoms with Gasteiger partial charge in [0.25, 0.3) is 0 Å². The Labute approximate surface area is 132 Å². The fourth-order valence-electron chi connectivity index (χ4n) is 4.03. The molecule has 1 saturated heterocycles. The maximum Gasteiger partial charge on any atom is 0.250 e. The van der Waals surface area contributed by atoms with Crippen molar-refractivity contribution < 1.29 is 9.22 Å². The van der Waals surface area contributed by atoms with Gasteiger partial charge in [-0.1, -0.05) is 67.7 Å². The summed E-state index contributed by atoms with van der Waals surface area (Å²) in [6, 6.07) is 0.243. The normalized spacial score (nSPS) is 22.9. The van der Waals surface area contributed by atoms with Gasteiger partial charge in [-0.15, -0.1) is 0 Å². The van der Waals surface area contributed by atoms with E-state index >= 15 is 0 Å². The fourth-order valence-corrected chi connectivity index (χ4v) is 9.56. The number of unbranched alkanes of at least 4 members (excludes halogenated alkanes) is 2. The lowest BCUT2D eigenvalue weighted by Gasteiger charge is -2.48. The van der Waals surface area contributed by atoms with Crippen LogP contribution in [0.5, 0.6) is 0 Å². The van der Waals surface area contributed by atoms with Crippen LogP contribution >= 0.6 is 0 Å². The Morgan fingerprint density at radius 1 is 1.05 bits per heavy atom. The molecule has 3 nitrogen and oxygen atoms in total. The summed E-state index contributed by atoms with van der Waals surface area (Å²) in [6.45, 7) is 15.8. The van der Waals surface area contributed by atoms with Gasteiger partial charge in [0.2, 0.25) is 14.2 Å². The molecule has 0 aromatic heterocycles. The molecule has 0 aromatic carbocycles. The summed E-state index contributed by atoms with van der Waals surface area (Å²) in [4.78, 5) is 12.0. The minimum Gasteiger partial charge on any atom is -0.402 e. The van der Waals surface area contributed by atoms with Gasteiger partial charge >= 0.3 is 0 Å². The summed E-state index contributed by atoms with van der Waals surface area (Å²) >= 11 is 0. The number of nitrogens with one attached hydrogen (secondary N) is 1. The Balaban J connectivity index is 2.79. The molecule has 0 bridgehead atoms. The second kappa shape index (κ2) is 7.77. The third-order valence-corrected chi connectivity index (χ3v) is 11.2. The van der Waals surface area contributed by atoms with Gasteiger partial charge in [0.15, 0.2) is 0 Å². The Morgan fingerprint density at radius 2 is 1.57 bits per heavy atom. The number of hydrogen-bond donors (Lipinski definition) is 1. The predicted molar refractivity (Wildman–Crippen MR) is 92.0 cm³/mol. The second-order valence-electron chi connectivity index (χ2n) is 7.47. The highest BCUT2D eigenvalue weighted by Crippen LogP contribution is 2.44. The Bertz CT molecular complexity index is 320. The minimum atomic E-state index is -1.95. The van der Waals surface area contributed by atoms with Gasteiger partial charge in [0.05, 0.1) is 6.04 Å². The first-order chi connectivity index (χ1) is 9.77. The van der Waals surface area contributed by atoms with E-state index in [9.17, 15) is 4.79 Å². The van der Waals surface area contributed by atoms with E-state index < -0.39 is 8.32 Å². The highest BCUT2D eigenvalue weighted by Gasteiger charge is 2.51. The van der Waals surface area contributed by atoms with E-state index in [2.05, 4.69) is 53.8 Å². The molecule has 2 unspecified atom stereocenters.